The molecule has 0 bridgehead atoms. The summed E-state index contributed by atoms with van der Waals surface area (Å²) in [7, 11) is 1.79. The molecule has 2 aromatic rings. The van der Waals surface area contributed by atoms with Gasteiger partial charge in [-0.05, 0) is 38.1 Å². The van der Waals surface area contributed by atoms with Gasteiger partial charge >= 0.3 is 6.18 Å². The van der Waals surface area contributed by atoms with Gasteiger partial charge in [0.1, 0.15) is 12.1 Å². The first-order valence-electron chi connectivity index (χ1n) is 8.12. The van der Waals surface area contributed by atoms with Crippen molar-refractivity contribution in [2.45, 2.75) is 26.1 Å². The molecule has 3 rings (SSSR count). The van der Waals surface area contributed by atoms with Gasteiger partial charge in [-0.3, -0.25) is 4.79 Å². The number of fused-ring (bicyclic) bond motifs is 1. The van der Waals surface area contributed by atoms with Crippen molar-refractivity contribution in [2.75, 3.05) is 23.9 Å². The number of amides is 1. The molecule has 1 N–H and O–H groups in total. The Balaban J connectivity index is 1.72. The number of alkyl halides is 3. The zero-order valence-electron chi connectivity index (χ0n) is 14.9. The molecule has 1 amide bonds. The maximum absolute atomic E-state index is 12.8. The van der Waals surface area contributed by atoms with Gasteiger partial charge in [-0.15, -0.1) is 0 Å². The van der Waals surface area contributed by atoms with Crippen LogP contribution in [0.15, 0.2) is 41.9 Å². The summed E-state index contributed by atoms with van der Waals surface area (Å²) in [6.07, 6.45) is -2.98. The lowest BCUT2D eigenvalue weighted by atomic mass is 10.0. The molecule has 0 unspecified atom stereocenters. The smallest absolute Gasteiger partial charge is 0.422 e. The Kier molecular flexibility index (Phi) is 4.81. The van der Waals surface area contributed by atoms with Gasteiger partial charge in [0, 0.05) is 18.4 Å². The molecular weight excluding hydrogens is 363 g/mol. The molecule has 144 valence electrons. The molecule has 27 heavy (non-hydrogen) atoms. The third-order valence-corrected chi connectivity index (χ3v) is 4.29. The first kappa shape index (κ1) is 18.7. The van der Waals surface area contributed by atoms with Gasteiger partial charge in [0.2, 0.25) is 5.95 Å². The fraction of sp³-hybridized carbons (Fsp3) is 0.353. The van der Waals surface area contributed by atoms with E-state index in [4.69, 9.17) is 0 Å². The summed E-state index contributed by atoms with van der Waals surface area (Å²) in [5.41, 5.74) is 1.71. The molecule has 0 radical (unpaired) electrons. The highest BCUT2D eigenvalue weighted by Gasteiger charge is 2.32. The number of nitrogens with zero attached hydrogens (tertiary/aromatic N) is 4. The summed E-state index contributed by atoms with van der Waals surface area (Å²) in [4.78, 5) is 18.7. The number of benzene rings is 1. The van der Waals surface area contributed by atoms with Crippen LogP contribution in [0, 0.1) is 0 Å². The topological polar surface area (TPSA) is 72.3 Å². The molecule has 0 fully saturated rings. The summed E-state index contributed by atoms with van der Waals surface area (Å²) in [5.74, 6) is 0.387. The van der Waals surface area contributed by atoms with Gasteiger partial charge in [-0.25, -0.2) is 4.68 Å². The normalized spacial score (nSPS) is 17.0. The molecule has 10 heteroatoms. The minimum Gasteiger partial charge on any atom is -0.484 e. The van der Waals surface area contributed by atoms with Crippen LogP contribution >= 0.6 is 0 Å². The number of anilines is 2. The lowest BCUT2D eigenvalue weighted by molar-refractivity contribution is -0.153. The van der Waals surface area contributed by atoms with Crippen molar-refractivity contribution in [3.8, 4) is 5.75 Å². The molecule has 1 aromatic carbocycles. The molecular formula is C17H18F3N5O2. The average molecular weight is 381 g/mol. The Hall–Kier alpha value is -3.04. The fourth-order valence-electron chi connectivity index (χ4n) is 2.86. The summed E-state index contributed by atoms with van der Waals surface area (Å²) in [5, 5.41) is 6.91. The van der Waals surface area contributed by atoms with Crippen molar-refractivity contribution in [3.63, 3.8) is 0 Å². The van der Waals surface area contributed by atoms with E-state index >= 15 is 0 Å². The quantitative estimate of drug-likeness (QED) is 0.881. The number of rotatable bonds is 4. The molecule has 0 saturated heterocycles. The predicted octanol–water partition coefficient (Wildman–Crippen LogP) is 3.14. The van der Waals surface area contributed by atoms with E-state index in [9.17, 15) is 18.0 Å². The van der Waals surface area contributed by atoms with E-state index in [0.29, 0.717) is 17.2 Å². The average Bonchev–Trinajstić information content (AvgIpc) is 3.09. The maximum atomic E-state index is 12.8. The van der Waals surface area contributed by atoms with Crippen LogP contribution in [0.5, 0.6) is 5.75 Å². The maximum Gasteiger partial charge on any atom is 0.422 e. The first-order valence-corrected chi connectivity index (χ1v) is 8.12. The van der Waals surface area contributed by atoms with Crippen LogP contribution in [0.2, 0.25) is 0 Å². The molecule has 0 spiro atoms. The van der Waals surface area contributed by atoms with E-state index in [0.717, 1.165) is 5.70 Å². The summed E-state index contributed by atoms with van der Waals surface area (Å²) in [6.45, 7) is 2.30. The number of allylic oxidation sites excluding steroid dienone is 1. The van der Waals surface area contributed by atoms with Crippen molar-refractivity contribution >= 4 is 17.5 Å². The first-order chi connectivity index (χ1) is 12.7. The molecule has 1 aliphatic heterocycles. The second-order valence-electron chi connectivity index (χ2n) is 6.12. The minimum absolute atomic E-state index is 0.0683. The van der Waals surface area contributed by atoms with Crippen molar-refractivity contribution in [1.82, 2.24) is 14.8 Å². The standard InChI is InChI=1S/C17H18F3N5O2/c1-10-14(11(2)25-16(24(10)3)21-9-22-25)15(26)23-12-4-6-13(7-5-12)27-8-17(18,19)20/h4-7,9,11H,8H2,1-3H3,(H,23,26)/t11-/m1/s1. The summed E-state index contributed by atoms with van der Waals surface area (Å²) < 4.78 is 42.9. The van der Waals surface area contributed by atoms with Crippen LogP contribution in [0.4, 0.5) is 24.8 Å². The number of carbonyl (C=O) groups excluding carboxylic acids is 1. The summed E-state index contributed by atoms with van der Waals surface area (Å²) >= 11 is 0. The van der Waals surface area contributed by atoms with Crippen LogP contribution in [0.25, 0.3) is 0 Å². The van der Waals surface area contributed by atoms with Gasteiger partial charge < -0.3 is 15.0 Å². The number of aromatic nitrogens is 3. The Morgan fingerprint density at radius 1 is 1.30 bits per heavy atom. The van der Waals surface area contributed by atoms with Gasteiger partial charge in [-0.2, -0.15) is 23.3 Å². The van der Waals surface area contributed by atoms with Gasteiger partial charge in [-0.1, -0.05) is 0 Å². The van der Waals surface area contributed by atoms with Gasteiger partial charge in [0.25, 0.3) is 5.91 Å². The van der Waals surface area contributed by atoms with Gasteiger partial charge in [0.15, 0.2) is 6.61 Å². The Labute approximate surface area is 153 Å². The van der Waals surface area contributed by atoms with Gasteiger partial charge in [0.05, 0.1) is 11.6 Å². The minimum atomic E-state index is -4.40. The fourth-order valence-corrected chi connectivity index (χ4v) is 2.86. The van der Waals surface area contributed by atoms with Crippen molar-refractivity contribution in [2.24, 2.45) is 0 Å². The van der Waals surface area contributed by atoms with Crippen LogP contribution < -0.4 is 15.0 Å². The van der Waals surface area contributed by atoms with E-state index in [1.54, 1.807) is 16.6 Å². The zero-order chi connectivity index (χ0) is 19.8. The van der Waals surface area contributed by atoms with Crippen LogP contribution in [0.1, 0.15) is 19.9 Å². The monoisotopic (exact) mass is 381 g/mol. The van der Waals surface area contributed by atoms with E-state index in [-0.39, 0.29) is 17.7 Å². The number of hydrogen-bond acceptors (Lipinski definition) is 5. The van der Waals surface area contributed by atoms with Crippen molar-refractivity contribution in [3.05, 3.63) is 41.9 Å². The lowest BCUT2D eigenvalue weighted by Crippen LogP contribution is -2.34. The lowest BCUT2D eigenvalue weighted by Gasteiger charge is -2.31. The highest BCUT2D eigenvalue weighted by molar-refractivity contribution is 6.05. The van der Waals surface area contributed by atoms with Crippen LogP contribution in [-0.2, 0) is 4.79 Å². The second kappa shape index (κ2) is 6.93. The van der Waals surface area contributed by atoms with Crippen molar-refractivity contribution in [1.29, 1.82) is 0 Å². The predicted molar refractivity (Wildman–Crippen MR) is 92.5 cm³/mol. The SMILES string of the molecule is CC1=C(C(=O)Nc2ccc(OCC(F)(F)F)cc2)[C@@H](C)n2ncnc2N1C. The number of nitrogens with one attached hydrogen (secondary N) is 1. The third kappa shape index (κ3) is 3.88. The van der Waals surface area contributed by atoms with E-state index in [1.165, 1.54) is 30.6 Å². The molecule has 0 saturated carbocycles. The number of hydrogen-bond donors (Lipinski definition) is 1. The van der Waals surface area contributed by atoms with E-state index < -0.39 is 12.8 Å². The highest BCUT2D eigenvalue weighted by Crippen LogP contribution is 2.33. The number of carbonyl (C=O) groups is 1. The van der Waals surface area contributed by atoms with E-state index in [1.807, 2.05) is 13.8 Å². The van der Waals surface area contributed by atoms with Crippen LogP contribution in [-0.4, -0.2) is 40.5 Å². The number of halogens is 3. The molecule has 0 aliphatic carbocycles. The Morgan fingerprint density at radius 3 is 2.59 bits per heavy atom. The van der Waals surface area contributed by atoms with E-state index in [2.05, 4.69) is 20.1 Å². The Bertz CT molecular complexity index is 873. The third-order valence-electron chi connectivity index (χ3n) is 4.29. The molecule has 1 aromatic heterocycles. The second-order valence-corrected chi connectivity index (χ2v) is 6.12. The largest absolute Gasteiger partial charge is 0.484 e. The Morgan fingerprint density at radius 2 is 1.96 bits per heavy atom. The summed E-state index contributed by atoms with van der Waals surface area (Å²) in [6, 6.07) is 5.39. The van der Waals surface area contributed by atoms with Crippen molar-refractivity contribution < 1.29 is 22.7 Å². The number of ether oxygens (including phenoxy) is 1. The van der Waals surface area contributed by atoms with Crippen LogP contribution in [0.3, 0.4) is 0 Å². The molecule has 7 nitrogen and oxygen atoms in total. The molecule has 1 atom stereocenters. The zero-order valence-corrected chi connectivity index (χ0v) is 14.9. The molecule has 2 heterocycles. The highest BCUT2D eigenvalue weighted by atomic mass is 19.4. The molecule has 1 aliphatic rings.